The number of fused-ring (bicyclic) bond motifs is 3. The molecule has 0 saturated carbocycles. The first-order valence-electron chi connectivity index (χ1n) is 8.45. The number of rotatable bonds is 2. The smallest absolute Gasteiger partial charge is 0.249 e. The number of aryl methyl sites for hydroxylation is 2. The molecule has 2 aromatic carbocycles. The minimum absolute atomic E-state index is 0.371. The highest BCUT2D eigenvalue weighted by Crippen LogP contribution is 2.33. The molecule has 2 N–H and O–H groups in total. The summed E-state index contributed by atoms with van der Waals surface area (Å²) in [6.45, 7) is 13.0. The maximum absolute atomic E-state index is 11.7. The zero-order valence-electron chi connectivity index (χ0n) is 15.1. The van der Waals surface area contributed by atoms with Gasteiger partial charge in [0.15, 0.2) is 0 Å². The van der Waals surface area contributed by atoms with Crippen LogP contribution in [0.15, 0.2) is 36.4 Å². The van der Waals surface area contributed by atoms with Crippen LogP contribution in [0.4, 0.5) is 0 Å². The van der Waals surface area contributed by atoms with Gasteiger partial charge in [0.05, 0.1) is 0 Å². The number of primary amides is 1. The molecule has 3 nitrogen and oxygen atoms in total. The second kappa shape index (κ2) is 8.37. The number of hydrogen-bond donors (Lipinski definition) is 1. The van der Waals surface area contributed by atoms with Crippen molar-refractivity contribution >= 4 is 27.7 Å². The number of amides is 1. The third-order valence-electron chi connectivity index (χ3n) is 3.71. The van der Waals surface area contributed by atoms with Gasteiger partial charge in [-0.25, -0.2) is 0 Å². The average molecular weight is 312 g/mol. The van der Waals surface area contributed by atoms with Gasteiger partial charge >= 0.3 is 0 Å². The summed E-state index contributed by atoms with van der Waals surface area (Å²) in [5.74, 6) is -0.371. The lowest BCUT2D eigenvalue weighted by Gasteiger charge is -2.03. The number of nitrogens with zero attached hydrogens (tertiary/aromatic N) is 1. The van der Waals surface area contributed by atoms with Crippen LogP contribution in [-0.4, -0.2) is 10.5 Å². The molecule has 0 aliphatic carbocycles. The Kier molecular flexibility index (Phi) is 6.83. The van der Waals surface area contributed by atoms with Gasteiger partial charge in [0.1, 0.15) is 0 Å². The molecule has 1 aromatic heterocycles. The predicted molar refractivity (Wildman–Crippen MR) is 101 cm³/mol. The van der Waals surface area contributed by atoms with Gasteiger partial charge < -0.3 is 10.3 Å². The van der Waals surface area contributed by atoms with Crippen molar-refractivity contribution in [2.24, 2.45) is 5.73 Å². The summed E-state index contributed by atoms with van der Waals surface area (Å²) in [5, 5.41) is 2.11. The van der Waals surface area contributed by atoms with E-state index in [4.69, 9.17) is 5.73 Å². The molecule has 3 rings (SSSR count). The highest BCUT2D eigenvalue weighted by molar-refractivity contribution is 6.18. The van der Waals surface area contributed by atoms with Gasteiger partial charge in [-0.3, -0.25) is 4.79 Å². The van der Waals surface area contributed by atoms with Crippen molar-refractivity contribution in [1.29, 1.82) is 0 Å². The number of carbonyl (C=O) groups excluding carboxylic acids is 1. The number of hydrogen-bond acceptors (Lipinski definition) is 1. The second-order valence-corrected chi connectivity index (χ2v) is 4.78. The largest absolute Gasteiger partial charge is 0.366 e. The first-order chi connectivity index (χ1) is 11.1. The quantitative estimate of drug-likeness (QED) is 0.688. The van der Waals surface area contributed by atoms with Gasteiger partial charge in [0.2, 0.25) is 5.91 Å². The molecule has 0 saturated heterocycles. The molecule has 0 fully saturated rings. The Morgan fingerprint density at radius 1 is 0.957 bits per heavy atom. The average Bonchev–Trinajstić information content (AvgIpc) is 2.93. The molecular weight excluding hydrogens is 284 g/mol. The predicted octanol–water partition coefficient (Wildman–Crippen LogP) is 5.27. The van der Waals surface area contributed by atoms with E-state index < -0.39 is 0 Å². The zero-order chi connectivity index (χ0) is 17.6. The van der Waals surface area contributed by atoms with Gasteiger partial charge in [0.25, 0.3) is 0 Å². The highest BCUT2D eigenvalue weighted by atomic mass is 16.1. The fourth-order valence-corrected chi connectivity index (χ4v) is 2.91. The molecule has 0 atom stereocenters. The molecule has 0 unspecified atom stereocenters. The van der Waals surface area contributed by atoms with Crippen LogP contribution in [0.5, 0.6) is 0 Å². The second-order valence-electron chi connectivity index (χ2n) is 4.78. The van der Waals surface area contributed by atoms with Crippen LogP contribution in [-0.2, 0) is 6.54 Å². The van der Waals surface area contributed by atoms with E-state index in [1.54, 1.807) is 6.07 Å². The third kappa shape index (κ3) is 3.24. The molecule has 3 heteroatoms. The van der Waals surface area contributed by atoms with Gasteiger partial charge in [-0.05, 0) is 37.6 Å². The maximum atomic E-state index is 11.7. The Morgan fingerprint density at radius 3 is 2.00 bits per heavy atom. The molecule has 124 valence electrons. The summed E-state index contributed by atoms with van der Waals surface area (Å²) in [7, 11) is 0. The van der Waals surface area contributed by atoms with E-state index in [-0.39, 0.29) is 5.91 Å². The summed E-state index contributed by atoms with van der Waals surface area (Å²) in [5.41, 5.74) is 9.53. The summed E-state index contributed by atoms with van der Waals surface area (Å²) in [4.78, 5) is 11.7. The van der Waals surface area contributed by atoms with Crippen LogP contribution >= 0.6 is 0 Å². The summed E-state index contributed by atoms with van der Waals surface area (Å²) in [6, 6.07) is 12.0. The van der Waals surface area contributed by atoms with Gasteiger partial charge in [0, 0.05) is 33.9 Å². The van der Waals surface area contributed by atoms with Crippen molar-refractivity contribution in [3.63, 3.8) is 0 Å². The number of nitrogens with two attached hydrogens (primary N) is 1. The standard InChI is InChI=1S/C16H16N2O.2C2H6/c1-3-18-12-8-4-6-10(2)14(12)15-11(16(17)19)7-5-9-13(15)18;2*1-2/h4-9H,3H2,1-2H3,(H2,17,19);2*1-2H3. The molecular formula is C20H28N2O. The van der Waals surface area contributed by atoms with E-state index in [9.17, 15) is 4.79 Å². The third-order valence-corrected chi connectivity index (χ3v) is 3.71. The first kappa shape index (κ1) is 18.8. The zero-order valence-corrected chi connectivity index (χ0v) is 15.1. The van der Waals surface area contributed by atoms with Crippen LogP contribution < -0.4 is 5.73 Å². The van der Waals surface area contributed by atoms with E-state index in [1.165, 1.54) is 5.56 Å². The lowest BCUT2D eigenvalue weighted by Crippen LogP contribution is -2.11. The summed E-state index contributed by atoms with van der Waals surface area (Å²) >= 11 is 0. The Bertz CT molecular complexity index is 800. The molecule has 0 radical (unpaired) electrons. The summed E-state index contributed by atoms with van der Waals surface area (Å²) in [6.07, 6.45) is 0. The molecule has 0 aliphatic heterocycles. The Balaban J connectivity index is 0.000000615. The molecule has 0 spiro atoms. The van der Waals surface area contributed by atoms with Crippen LogP contribution in [0, 0.1) is 6.92 Å². The molecule has 23 heavy (non-hydrogen) atoms. The lowest BCUT2D eigenvalue weighted by atomic mass is 10.0. The van der Waals surface area contributed by atoms with E-state index in [2.05, 4.69) is 30.5 Å². The number of aromatic nitrogens is 1. The van der Waals surface area contributed by atoms with Crippen molar-refractivity contribution in [2.75, 3.05) is 0 Å². The van der Waals surface area contributed by atoms with Crippen LogP contribution in [0.3, 0.4) is 0 Å². The molecule has 1 amide bonds. The minimum Gasteiger partial charge on any atom is -0.366 e. The molecule has 1 heterocycles. The number of benzene rings is 2. The van der Waals surface area contributed by atoms with Gasteiger partial charge in [-0.1, -0.05) is 45.9 Å². The summed E-state index contributed by atoms with van der Waals surface area (Å²) < 4.78 is 2.23. The molecule has 0 bridgehead atoms. The van der Waals surface area contributed by atoms with Crippen LogP contribution in [0.2, 0.25) is 0 Å². The Labute approximate surface area is 139 Å². The van der Waals surface area contributed by atoms with E-state index in [1.807, 2.05) is 45.9 Å². The normalized spacial score (nSPS) is 9.83. The monoisotopic (exact) mass is 312 g/mol. The van der Waals surface area contributed by atoms with E-state index in [0.29, 0.717) is 5.56 Å². The van der Waals surface area contributed by atoms with Crippen molar-refractivity contribution < 1.29 is 4.79 Å². The molecule has 0 aliphatic rings. The minimum atomic E-state index is -0.371. The topological polar surface area (TPSA) is 48.0 Å². The van der Waals surface area contributed by atoms with E-state index in [0.717, 1.165) is 28.4 Å². The van der Waals surface area contributed by atoms with Crippen LogP contribution in [0.1, 0.15) is 50.5 Å². The number of carbonyl (C=O) groups is 1. The molecule has 3 aromatic rings. The Morgan fingerprint density at radius 2 is 1.48 bits per heavy atom. The fourth-order valence-electron chi connectivity index (χ4n) is 2.91. The van der Waals surface area contributed by atoms with Crippen LogP contribution in [0.25, 0.3) is 21.8 Å². The van der Waals surface area contributed by atoms with Crippen molar-refractivity contribution in [3.05, 3.63) is 47.5 Å². The lowest BCUT2D eigenvalue weighted by molar-refractivity contribution is 0.100. The maximum Gasteiger partial charge on any atom is 0.249 e. The van der Waals surface area contributed by atoms with E-state index >= 15 is 0 Å². The SMILES string of the molecule is CC.CC.CCn1c2cccc(C)c2c2c(C(N)=O)cccc21. The van der Waals surface area contributed by atoms with Crippen molar-refractivity contribution in [2.45, 2.75) is 48.1 Å². The fraction of sp³-hybridized carbons (Fsp3) is 0.350. The van der Waals surface area contributed by atoms with Gasteiger partial charge in [-0.15, -0.1) is 0 Å². The van der Waals surface area contributed by atoms with Crippen molar-refractivity contribution in [3.8, 4) is 0 Å². The highest BCUT2D eigenvalue weighted by Gasteiger charge is 2.16. The first-order valence-corrected chi connectivity index (χ1v) is 8.45. The van der Waals surface area contributed by atoms with Gasteiger partial charge in [-0.2, -0.15) is 0 Å². The van der Waals surface area contributed by atoms with Crippen molar-refractivity contribution in [1.82, 2.24) is 4.57 Å². The Hall–Kier alpha value is -2.29.